The smallest absolute Gasteiger partial charge is 0.0501 e. The second-order valence-electron chi connectivity index (χ2n) is 4.82. The standard InChI is InChI=1S/C17H13N/c1-11-13-7-3-2-6-12(13)10-15-14-8-4-5-9-16(14)18-17(11)15/h2-10,18H,1H3. The Kier molecular flexibility index (Phi) is 1.81. The minimum Gasteiger partial charge on any atom is -0.354 e. The summed E-state index contributed by atoms with van der Waals surface area (Å²) in [6.45, 7) is 2.19. The number of nitrogens with one attached hydrogen (secondary N) is 1. The van der Waals surface area contributed by atoms with E-state index in [4.69, 9.17) is 0 Å². The van der Waals surface area contributed by atoms with Crippen molar-refractivity contribution in [3.05, 3.63) is 60.2 Å². The summed E-state index contributed by atoms with van der Waals surface area (Å²) >= 11 is 0. The lowest BCUT2D eigenvalue weighted by atomic mass is 10.0. The van der Waals surface area contributed by atoms with Crippen LogP contribution in [-0.2, 0) is 0 Å². The molecule has 0 aliphatic rings. The minimum absolute atomic E-state index is 1.21. The first-order valence-electron chi connectivity index (χ1n) is 6.23. The van der Waals surface area contributed by atoms with Crippen molar-refractivity contribution in [3.8, 4) is 0 Å². The molecule has 0 bridgehead atoms. The molecular weight excluding hydrogens is 218 g/mol. The van der Waals surface area contributed by atoms with E-state index in [1.807, 2.05) is 0 Å². The average Bonchev–Trinajstić information content (AvgIpc) is 2.79. The van der Waals surface area contributed by atoms with Crippen LogP contribution in [0.15, 0.2) is 54.6 Å². The van der Waals surface area contributed by atoms with Crippen molar-refractivity contribution in [2.75, 3.05) is 0 Å². The second-order valence-corrected chi connectivity index (χ2v) is 4.82. The SMILES string of the molecule is Cc1c2ccccc2cc2c1[nH]c1ccccc12. The highest BCUT2D eigenvalue weighted by molar-refractivity contribution is 6.13. The molecule has 0 saturated carbocycles. The highest BCUT2D eigenvalue weighted by Gasteiger charge is 2.08. The van der Waals surface area contributed by atoms with Crippen molar-refractivity contribution < 1.29 is 0 Å². The maximum Gasteiger partial charge on any atom is 0.0501 e. The van der Waals surface area contributed by atoms with E-state index in [-0.39, 0.29) is 0 Å². The summed E-state index contributed by atoms with van der Waals surface area (Å²) in [5, 5.41) is 5.27. The van der Waals surface area contributed by atoms with Crippen molar-refractivity contribution in [2.45, 2.75) is 6.92 Å². The number of aromatic nitrogens is 1. The first-order valence-corrected chi connectivity index (χ1v) is 6.23. The fourth-order valence-corrected chi connectivity index (χ4v) is 2.86. The summed E-state index contributed by atoms with van der Waals surface area (Å²) in [5.74, 6) is 0. The average molecular weight is 231 g/mol. The molecule has 0 spiro atoms. The quantitative estimate of drug-likeness (QED) is 0.448. The number of para-hydroxylation sites is 1. The molecule has 0 atom stereocenters. The molecule has 0 aliphatic heterocycles. The van der Waals surface area contributed by atoms with Crippen LogP contribution < -0.4 is 0 Å². The Balaban J connectivity index is 2.33. The van der Waals surface area contributed by atoms with Gasteiger partial charge in [-0.2, -0.15) is 0 Å². The second kappa shape index (κ2) is 3.36. The van der Waals surface area contributed by atoms with E-state index in [0.29, 0.717) is 0 Å². The number of rotatable bonds is 0. The maximum absolute atomic E-state index is 3.54. The first-order chi connectivity index (χ1) is 8.84. The van der Waals surface area contributed by atoms with Crippen LogP contribution in [-0.4, -0.2) is 4.98 Å². The number of hydrogen-bond donors (Lipinski definition) is 1. The van der Waals surface area contributed by atoms with Gasteiger partial charge in [0, 0.05) is 16.3 Å². The minimum atomic E-state index is 1.21. The molecule has 4 aromatic rings. The van der Waals surface area contributed by atoms with Gasteiger partial charge in [-0.15, -0.1) is 0 Å². The van der Waals surface area contributed by atoms with Crippen molar-refractivity contribution >= 4 is 32.6 Å². The van der Waals surface area contributed by atoms with E-state index in [1.165, 1.54) is 38.1 Å². The maximum atomic E-state index is 3.54. The molecule has 18 heavy (non-hydrogen) atoms. The zero-order valence-electron chi connectivity index (χ0n) is 10.2. The van der Waals surface area contributed by atoms with E-state index >= 15 is 0 Å². The van der Waals surface area contributed by atoms with Crippen LogP contribution in [0.5, 0.6) is 0 Å². The van der Waals surface area contributed by atoms with E-state index in [9.17, 15) is 0 Å². The monoisotopic (exact) mass is 231 g/mol. The summed E-state index contributed by atoms with van der Waals surface area (Å²) in [5.41, 5.74) is 3.81. The molecule has 1 aromatic heterocycles. The molecule has 1 nitrogen and oxygen atoms in total. The van der Waals surface area contributed by atoms with Gasteiger partial charge in [-0.05, 0) is 35.4 Å². The largest absolute Gasteiger partial charge is 0.354 e. The molecule has 1 heteroatoms. The summed E-state index contributed by atoms with van der Waals surface area (Å²) in [7, 11) is 0. The molecular formula is C17H13N. The van der Waals surface area contributed by atoms with E-state index in [0.717, 1.165) is 0 Å². The third kappa shape index (κ3) is 1.16. The molecule has 0 fully saturated rings. The van der Waals surface area contributed by atoms with Gasteiger partial charge in [-0.3, -0.25) is 0 Å². The van der Waals surface area contributed by atoms with Crippen molar-refractivity contribution in [1.29, 1.82) is 0 Å². The molecule has 3 aromatic carbocycles. The Morgan fingerprint density at radius 3 is 2.39 bits per heavy atom. The Morgan fingerprint density at radius 1 is 0.778 bits per heavy atom. The lowest BCUT2D eigenvalue weighted by Crippen LogP contribution is -1.80. The topological polar surface area (TPSA) is 15.8 Å². The predicted molar refractivity (Wildman–Crippen MR) is 78.0 cm³/mol. The molecule has 0 saturated heterocycles. The Hall–Kier alpha value is -2.28. The van der Waals surface area contributed by atoms with Gasteiger partial charge in [0.1, 0.15) is 0 Å². The third-order valence-electron chi connectivity index (χ3n) is 3.79. The fraction of sp³-hybridized carbons (Fsp3) is 0.0588. The van der Waals surface area contributed by atoms with Gasteiger partial charge in [-0.25, -0.2) is 0 Å². The van der Waals surface area contributed by atoms with Gasteiger partial charge < -0.3 is 4.98 Å². The molecule has 0 unspecified atom stereocenters. The Labute approximate surface area is 105 Å². The van der Waals surface area contributed by atoms with Gasteiger partial charge >= 0.3 is 0 Å². The predicted octanol–water partition coefficient (Wildman–Crippen LogP) is 4.78. The van der Waals surface area contributed by atoms with Crippen LogP contribution in [0.2, 0.25) is 0 Å². The number of H-pyrrole nitrogens is 1. The molecule has 4 rings (SSSR count). The molecule has 86 valence electrons. The number of hydrogen-bond acceptors (Lipinski definition) is 0. The lowest BCUT2D eigenvalue weighted by Gasteiger charge is -2.03. The zero-order chi connectivity index (χ0) is 12.1. The Bertz CT molecular complexity index is 884. The fourth-order valence-electron chi connectivity index (χ4n) is 2.86. The van der Waals surface area contributed by atoms with Crippen molar-refractivity contribution in [1.82, 2.24) is 4.98 Å². The van der Waals surface area contributed by atoms with Gasteiger partial charge in [0.2, 0.25) is 0 Å². The zero-order valence-corrected chi connectivity index (χ0v) is 10.2. The Morgan fingerprint density at radius 2 is 1.50 bits per heavy atom. The van der Waals surface area contributed by atoms with Crippen LogP contribution >= 0.6 is 0 Å². The summed E-state index contributed by atoms with van der Waals surface area (Å²) in [4.78, 5) is 3.54. The summed E-state index contributed by atoms with van der Waals surface area (Å²) < 4.78 is 0. The number of aromatic amines is 1. The van der Waals surface area contributed by atoms with Crippen LogP contribution in [0.3, 0.4) is 0 Å². The molecule has 1 heterocycles. The number of aryl methyl sites for hydroxylation is 1. The van der Waals surface area contributed by atoms with Gasteiger partial charge in [0.05, 0.1) is 5.52 Å². The van der Waals surface area contributed by atoms with Gasteiger partial charge in [0.25, 0.3) is 0 Å². The summed E-state index contributed by atoms with van der Waals surface area (Å²) in [6, 6.07) is 19.4. The molecule has 0 aliphatic carbocycles. The van der Waals surface area contributed by atoms with Crippen molar-refractivity contribution in [2.24, 2.45) is 0 Å². The van der Waals surface area contributed by atoms with E-state index in [2.05, 4.69) is 66.5 Å². The highest BCUT2D eigenvalue weighted by Crippen LogP contribution is 2.32. The van der Waals surface area contributed by atoms with Crippen LogP contribution in [0, 0.1) is 6.92 Å². The van der Waals surface area contributed by atoms with Gasteiger partial charge in [0.15, 0.2) is 0 Å². The highest BCUT2D eigenvalue weighted by atomic mass is 14.7. The number of benzene rings is 3. The van der Waals surface area contributed by atoms with Crippen LogP contribution in [0.25, 0.3) is 32.6 Å². The van der Waals surface area contributed by atoms with Crippen LogP contribution in [0.1, 0.15) is 5.56 Å². The molecule has 0 amide bonds. The first kappa shape index (κ1) is 9.72. The van der Waals surface area contributed by atoms with Gasteiger partial charge in [-0.1, -0.05) is 42.5 Å². The lowest BCUT2D eigenvalue weighted by molar-refractivity contribution is 1.48. The van der Waals surface area contributed by atoms with E-state index in [1.54, 1.807) is 0 Å². The van der Waals surface area contributed by atoms with Crippen LogP contribution in [0.4, 0.5) is 0 Å². The molecule has 0 radical (unpaired) electrons. The van der Waals surface area contributed by atoms with E-state index < -0.39 is 0 Å². The molecule has 1 N–H and O–H groups in total. The van der Waals surface area contributed by atoms with Crippen molar-refractivity contribution in [3.63, 3.8) is 0 Å². The summed E-state index contributed by atoms with van der Waals surface area (Å²) in [6.07, 6.45) is 0. The number of fused-ring (bicyclic) bond motifs is 4. The third-order valence-corrected chi connectivity index (χ3v) is 3.79. The normalized spacial score (nSPS) is 11.6.